The zero-order chi connectivity index (χ0) is 17.7. The van der Waals surface area contributed by atoms with E-state index in [0.29, 0.717) is 6.04 Å². The molecule has 2 aliphatic heterocycles. The number of hydrogen-bond acceptors (Lipinski definition) is 4. The summed E-state index contributed by atoms with van der Waals surface area (Å²) in [6, 6.07) is 10.6. The maximum atomic E-state index is 12.9. The first-order valence-electron chi connectivity index (χ1n) is 9.13. The van der Waals surface area contributed by atoms with Crippen LogP contribution in [0.4, 0.5) is 0 Å². The fraction of sp³-hybridized carbons (Fsp3) is 0.333. The Morgan fingerprint density at radius 3 is 3.00 bits per heavy atom. The van der Waals surface area contributed by atoms with Crippen molar-refractivity contribution in [3.05, 3.63) is 63.5 Å². The Kier molecular flexibility index (Phi) is 3.80. The van der Waals surface area contributed by atoms with Gasteiger partial charge in [-0.15, -0.1) is 11.3 Å². The number of carbonyl (C=O) groups excluding carboxylic acids is 1. The molecule has 4 heterocycles. The summed E-state index contributed by atoms with van der Waals surface area (Å²) in [4.78, 5) is 23.3. The van der Waals surface area contributed by atoms with Crippen molar-refractivity contribution < 1.29 is 4.79 Å². The lowest BCUT2D eigenvalue weighted by molar-refractivity contribution is 0.0221. The van der Waals surface area contributed by atoms with Crippen molar-refractivity contribution in [2.75, 3.05) is 19.6 Å². The molecule has 0 unspecified atom stereocenters. The Hall–Kier alpha value is -2.24. The molecule has 2 aliphatic rings. The number of nitrogens with zero attached hydrogens (tertiary/aromatic N) is 3. The third-order valence-corrected chi connectivity index (χ3v) is 6.73. The molecule has 0 atom stereocenters. The van der Waals surface area contributed by atoms with E-state index in [0.717, 1.165) is 54.6 Å². The number of benzene rings is 1. The number of fused-ring (bicyclic) bond motifs is 2. The summed E-state index contributed by atoms with van der Waals surface area (Å²) in [6.07, 6.45) is 2.96. The highest BCUT2D eigenvalue weighted by Crippen LogP contribution is 2.28. The van der Waals surface area contributed by atoms with Gasteiger partial charge in [0.2, 0.25) is 0 Å². The number of aryl methyl sites for hydroxylation is 1. The second kappa shape index (κ2) is 6.18. The van der Waals surface area contributed by atoms with Gasteiger partial charge in [-0.3, -0.25) is 14.7 Å². The van der Waals surface area contributed by atoms with Crippen molar-refractivity contribution in [2.45, 2.75) is 25.9 Å². The van der Waals surface area contributed by atoms with E-state index < -0.39 is 0 Å². The van der Waals surface area contributed by atoms with Crippen LogP contribution in [0.3, 0.4) is 0 Å². The molecule has 1 saturated heterocycles. The lowest BCUT2D eigenvalue weighted by Crippen LogP contribution is -2.61. The van der Waals surface area contributed by atoms with Crippen LogP contribution in [0.5, 0.6) is 0 Å². The van der Waals surface area contributed by atoms with E-state index in [1.807, 2.05) is 46.7 Å². The van der Waals surface area contributed by atoms with Crippen LogP contribution >= 0.6 is 11.3 Å². The number of amides is 1. The van der Waals surface area contributed by atoms with Crippen LogP contribution in [-0.2, 0) is 13.0 Å². The minimum Gasteiger partial charge on any atom is -0.335 e. The minimum absolute atomic E-state index is 0.139. The summed E-state index contributed by atoms with van der Waals surface area (Å²) in [5.74, 6) is 0.139. The Labute approximate surface area is 157 Å². The van der Waals surface area contributed by atoms with Gasteiger partial charge in [-0.2, -0.15) is 0 Å². The van der Waals surface area contributed by atoms with Crippen LogP contribution in [0.25, 0.3) is 10.9 Å². The largest absolute Gasteiger partial charge is 0.335 e. The van der Waals surface area contributed by atoms with Gasteiger partial charge in [0.15, 0.2) is 0 Å². The number of pyridine rings is 1. The Balaban J connectivity index is 1.28. The number of hydrogen-bond donors (Lipinski definition) is 0. The van der Waals surface area contributed by atoms with Gasteiger partial charge in [0.05, 0.1) is 5.52 Å². The zero-order valence-corrected chi connectivity index (χ0v) is 15.6. The third-order valence-electron chi connectivity index (χ3n) is 5.71. The van der Waals surface area contributed by atoms with Gasteiger partial charge >= 0.3 is 0 Å². The summed E-state index contributed by atoms with van der Waals surface area (Å²) < 4.78 is 0. The van der Waals surface area contributed by atoms with E-state index in [9.17, 15) is 4.79 Å². The van der Waals surface area contributed by atoms with Gasteiger partial charge < -0.3 is 4.90 Å². The molecule has 132 valence electrons. The molecule has 3 aromatic rings. The molecular formula is C21H21N3OS. The second-order valence-electron chi connectivity index (χ2n) is 7.31. The smallest absolute Gasteiger partial charge is 0.253 e. The van der Waals surface area contributed by atoms with Crippen molar-refractivity contribution in [2.24, 2.45) is 0 Å². The van der Waals surface area contributed by atoms with Crippen LogP contribution in [0.1, 0.15) is 26.4 Å². The van der Waals surface area contributed by atoms with E-state index in [4.69, 9.17) is 0 Å². The van der Waals surface area contributed by atoms with Crippen LogP contribution in [0.15, 0.2) is 41.9 Å². The molecule has 1 fully saturated rings. The van der Waals surface area contributed by atoms with Gasteiger partial charge in [0.25, 0.3) is 5.91 Å². The van der Waals surface area contributed by atoms with Gasteiger partial charge in [0.1, 0.15) is 0 Å². The van der Waals surface area contributed by atoms with E-state index in [2.05, 4.69) is 28.3 Å². The highest BCUT2D eigenvalue weighted by Gasteiger charge is 2.36. The molecule has 0 aliphatic carbocycles. The highest BCUT2D eigenvalue weighted by molar-refractivity contribution is 7.10. The molecule has 4 nitrogen and oxygen atoms in total. The van der Waals surface area contributed by atoms with Crippen molar-refractivity contribution in [1.29, 1.82) is 0 Å². The van der Waals surface area contributed by atoms with Crippen LogP contribution in [-0.4, -0.2) is 46.4 Å². The Bertz CT molecular complexity index is 990. The number of rotatable bonds is 2. The average molecular weight is 363 g/mol. The SMILES string of the molecule is Cc1ccnc2ccc(C(=O)N3CC(N4CCc5sccc5C4)C3)cc12. The normalized spacial score (nSPS) is 18.0. The fourth-order valence-electron chi connectivity index (χ4n) is 4.03. The number of thiophene rings is 1. The molecule has 5 rings (SSSR count). The van der Waals surface area contributed by atoms with Crippen LogP contribution < -0.4 is 0 Å². The zero-order valence-electron chi connectivity index (χ0n) is 14.8. The maximum absolute atomic E-state index is 12.9. The Morgan fingerprint density at radius 2 is 2.12 bits per heavy atom. The highest BCUT2D eigenvalue weighted by atomic mass is 32.1. The van der Waals surface area contributed by atoms with E-state index in [1.54, 1.807) is 0 Å². The maximum Gasteiger partial charge on any atom is 0.253 e. The summed E-state index contributed by atoms with van der Waals surface area (Å²) >= 11 is 1.87. The molecule has 26 heavy (non-hydrogen) atoms. The van der Waals surface area contributed by atoms with Crippen LogP contribution in [0, 0.1) is 6.92 Å². The van der Waals surface area contributed by atoms with Crippen molar-refractivity contribution >= 4 is 28.1 Å². The van der Waals surface area contributed by atoms with Crippen LogP contribution in [0.2, 0.25) is 0 Å². The average Bonchev–Trinajstić information content (AvgIpc) is 3.08. The van der Waals surface area contributed by atoms with Gasteiger partial charge in [-0.25, -0.2) is 0 Å². The van der Waals surface area contributed by atoms with Gasteiger partial charge in [0, 0.05) is 54.2 Å². The first kappa shape index (κ1) is 16.0. The summed E-state index contributed by atoms with van der Waals surface area (Å²) in [5, 5.41) is 3.26. The van der Waals surface area contributed by atoms with E-state index >= 15 is 0 Å². The first-order chi connectivity index (χ1) is 12.7. The lowest BCUT2D eigenvalue weighted by Gasteiger charge is -2.46. The molecule has 1 amide bonds. The van der Waals surface area contributed by atoms with Gasteiger partial charge in [-0.05, 0) is 60.2 Å². The molecule has 5 heteroatoms. The molecule has 0 spiro atoms. The number of aromatic nitrogens is 1. The minimum atomic E-state index is 0.139. The van der Waals surface area contributed by atoms with E-state index in [1.165, 1.54) is 10.4 Å². The van der Waals surface area contributed by atoms with E-state index in [-0.39, 0.29) is 5.91 Å². The summed E-state index contributed by atoms with van der Waals surface area (Å²) in [7, 11) is 0. The molecule has 2 aromatic heterocycles. The molecule has 1 aromatic carbocycles. The monoisotopic (exact) mass is 363 g/mol. The standard InChI is InChI=1S/C21H21N3OS/c1-14-4-7-22-19-3-2-15(10-18(14)19)21(25)24-12-17(13-24)23-8-5-20-16(11-23)6-9-26-20/h2-4,6-7,9-10,17H,5,8,11-13H2,1H3. The summed E-state index contributed by atoms with van der Waals surface area (Å²) in [6.45, 7) is 5.88. The number of carbonyl (C=O) groups is 1. The molecule has 0 saturated carbocycles. The Morgan fingerprint density at radius 1 is 1.23 bits per heavy atom. The summed E-state index contributed by atoms with van der Waals surface area (Å²) in [5.41, 5.74) is 4.35. The second-order valence-corrected chi connectivity index (χ2v) is 8.31. The van der Waals surface area contributed by atoms with Crippen molar-refractivity contribution in [3.63, 3.8) is 0 Å². The molecular weight excluding hydrogens is 342 g/mol. The molecule has 0 N–H and O–H groups in total. The third kappa shape index (κ3) is 2.63. The predicted molar refractivity (Wildman–Crippen MR) is 105 cm³/mol. The predicted octanol–water partition coefficient (Wildman–Crippen LogP) is 3.49. The topological polar surface area (TPSA) is 36.4 Å². The van der Waals surface area contributed by atoms with Crippen molar-refractivity contribution in [3.8, 4) is 0 Å². The van der Waals surface area contributed by atoms with Crippen molar-refractivity contribution in [1.82, 2.24) is 14.8 Å². The molecule has 0 radical (unpaired) electrons. The quantitative estimate of drug-likeness (QED) is 0.699. The molecule has 0 bridgehead atoms. The lowest BCUT2D eigenvalue weighted by atomic mass is 10.00. The first-order valence-corrected chi connectivity index (χ1v) is 10.0. The van der Waals surface area contributed by atoms with Gasteiger partial charge in [-0.1, -0.05) is 0 Å². The fourth-order valence-corrected chi connectivity index (χ4v) is 4.92. The number of likely N-dealkylation sites (tertiary alicyclic amines) is 1.